The van der Waals surface area contributed by atoms with E-state index in [1.165, 1.54) is 6.92 Å². The third kappa shape index (κ3) is 4.33. The number of sulfonamides is 1. The van der Waals surface area contributed by atoms with Crippen LogP contribution in [-0.2, 0) is 14.8 Å². The van der Waals surface area contributed by atoms with Crippen LogP contribution in [0.3, 0.4) is 0 Å². The minimum atomic E-state index is -4.06. The Morgan fingerprint density at radius 2 is 2.12 bits per heavy atom. The molecule has 0 amide bonds. The van der Waals surface area contributed by atoms with Gasteiger partial charge in [-0.25, -0.2) is 17.9 Å². The Morgan fingerprint density at radius 3 is 2.60 bits per heavy atom. The van der Waals surface area contributed by atoms with E-state index in [2.05, 4.69) is 4.72 Å². The van der Waals surface area contributed by atoms with Gasteiger partial charge in [0.05, 0.1) is 22.0 Å². The molecule has 0 aliphatic heterocycles. The Morgan fingerprint density at radius 1 is 1.48 bits per heavy atom. The fourth-order valence-corrected chi connectivity index (χ4v) is 3.90. The van der Waals surface area contributed by atoms with Crippen molar-refractivity contribution in [2.24, 2.45) is 11.7 Å². The van der Waals surface area contributed by atoms with Crippen LogP contribution in [0.4, 0.5) is 5.69 Å². The van der Waals surface area contributed by atoms with Crippen LogP contribution in [0.1, 0.15) is 35.7 Å². The van der Waals surface area contributed by atoms with Crippen LogP contribution in [0, 0.1) is 23.0 Å². The predicted molar refractivity (Wildman–Crippen MR) is 89.7 cm³/mol. The van der Waals surface area contributed by atoms with Gasteiger partial charge in [-0.1, -0.05) is 0 Å². The van der Waals surface area contributed by atoms with Gasteiger partial charge in [0.1, 0.15) is 0 Å². The highest BCUT2D eigenvalue weighted by Gasteiger charge is 2.34. The maximum atomic E-state index is 12.6. The van der Waals surface area contributed by atoms with Gasteiger partial charge in [-0.05, 0) is 38.7 Å². The number of nitrogens with zero attached hydrogens (tertiary/aromatic N) is 1. The zero-order valence-electron chi connectivity index (χ0n) is 14.0. The van der Waals surface area contributed by atoms with Crippen LogP contribution < -0.4 is 10.5 Å². The molecular formula is C15H21N3O6S. The molecule has 9 nitrogen and oxygen atoms in total. The number of hydrogen-bond donors (Lipinski definition) is 2. The number of nitrogens with one attached hydrogen (secondary N) is 1. The fourth-order valence-electron chi connectivity index (χ4n) is 2.54. The number of esters is 1. The third-order valence-electron chi connectivity index (χ3n) is 4.11. The van der Waals surface area contributed by atoms with Gasteiger partial charge in [0.15, 0.2) is 0 Å². The van der Waals surface area contributed by atoms with Crippen molar-refractivity contribution in [2.45, 2.75) is 37.6 Å². The van der Waals surface area contributed by atoms with Gasteiger partial charge >= 0.3 is 5.97 Å². The molecule has 1 fully saturated rings. The van der Waals surface area contributed by atoms with Crippen molar-refractivity contribution in [3.8, 4) is 0 Å². The van der Waals surface area contributed by atoms with Crippen molar-refractivity contribution in [1.82, 2.24) is 4.72 Å². The molecule has 1 saturated carbocycles. The molecule has 0 heterocycles. The quantitative estimate of drug-likeness (QED) is 0.396. The van der Waals surface area contributed by atoms with Crippen LogP contribution in [-0.4, -0.2) is 38.5 Å². The van der Waals surface area contributed by atoms with Gasteiger partial charge in [-0.3, -0.25) is 10.1 Å². The van der Waals surface area contributed by atoms with E-state index in [4.69, 9.17) is 10.5 Å². The largest absolute Gasteiger partial charge is 0.462 e. The monoisotopic (exact) mass is 371 g/mol. The summed E-state index contributed by atoms with van der Waals surface area (Å²) in [4.78, 5) is 22.2. The van der Waals surface area contributed by atoms with Crippen LogP contribution in [0.2, 0.25) is 0 Å². The maximum Gasteiger partial charge on any atom is 0.338 e. The molecule has 0 radical (unpaired) electrons. The zero-order chi connectivity index (χ0) is 18.8. The number of hydrogen-bond acceptors (Lipinski definition) is 7. The minimum absolute atomic E-state index is 0.0555. The molecule has 1 aliphatic carbocycles. The first-order chi connectivity index (χ1) is 11.7. The molecule has 0 aromatic heterocycles. The second kappa shape index (κ2) is 7.46. The molecule has 1 aliphatic rings. The summed E-state index contributed by atoms with van der Waals surface area (Å²) in [6.45, 7) is 3.16. The Bertz CT molecular complexity index is 789. The van der Waals surface area contributed by atoms with Gasteiger partial charge in [0, 0.05) is 24.2 Å². The normalized spacial score (nSPS) is 15.6. The number of benzene rings is 1. The lowest BCUT2D eigenvalue weighted by molar-refractivity contribution is -0.385. The topological polar surface area (TPSA) is 142 Å². The number of nitro groups is 1. The summed E-state index contributed by atoms with van der Waals surface area (Å²) in [7, 11) is -4.06. The number of nitro benzene ring substituents is 1. The fraction of sp³-hybridized carbons (Fsp3) is 0.533. The van der Waals surface area contributed by atoms with Gasteiger partial charge in [0.25, 0.3) is 5.69 Å². The molecule has 0 bridgehead atoms. The first-order valence-electron chi connectivity index (χ1n) is 7.89. The zero-order valence-corrected chi connectivity index (χ0v) is 14.8. The summed E-state index contributed by atoms with van der Waals surface area (Å²) in [5.74, 6) is -0.637. The number of carbonyl (C=O) groups excluding carboxylic acids is 1. The minimum Gasteiger partial charge on any atom is -0.462 e. The van der Waals surface area contributed by atoms with Gasteiger partial charge in [-0.15, -0.1) is 0 Å². The number of carbonyl (C=O) groups is 1. The second-order valence-corrected chi connectivity index (χ2v) is 7.61. The van der Waals surface area contributed by atoms with Crippen LogP contribution in [0.25, 0.3) is 0 Å². The summed E-state index contributed by atoms with van der Waals surface area (Å²) in [6.07, 6.45) is 1.76. The Balaban J connectivity index is 2.48. The predicted octanol–water partition coefficient (Wildman–Crippen LogP) is 1.10. The summed E-state index contributed by atoms with van der Waals surface area (Å²) in [6, 6.07) is 1.61. The molecule has 1 unspecified atom stereocenters. The average Bonchev–Trinajstić information content (AvgIpc) is 3.37. The molecule has 1 atom stereocenters. The number of nitrogens with two attached hydrogens (primary N) is 1. The smallest absolute Gasteiger partial charge is 0.338 e. The van der Waals surface area contributed by atoms with E-state index in [0.717, 1.165) is 25.0 Å². The van der Waals surface area contributed by atoms with Crippen molar-refractivity contribution in [3.63, 3.8) is 0 Å². The summed E-state index contributed by atoms with van der Waals surface area (Å²) in [5.41, 5.74) is 5.06. The van der Waals surface area contributed by atoms with Crippen molar-refractivity contribution in [2.75, 3.05) is 13.2 Å². The highest BCUT2D eigenvalue weighted by atomic mass is 32.2. The van der Waals surface area contributed by atoms with Crippen molar-refractivity contribution < 1.29 is 22.9 Å². The average molecular weight is 371 g/mol. The lowest BCUT2D eigenvalue weighted by atomic mass is 10.1. The molecule has 1 aromatic carbocycles. The lowest BCUT2D eigenvalue weighted by Gasteiger charge is -2.17. The van der Waals surface area contributed by atoms with E-state index in [0.29, 0.717) is 0 Å². The van der Waals surface area contributed by atoms with Gasteiger partial charge < -0.3 is 10.5 Å². The Kier molecular flexibility index (Phi) is 5.76. The first-order valence-corrected chi connectivity index (χ1v) is 9.38. The Labute approximate surface area is 145 Å². The van der Waals surface area contributed by atoms with E-state index in [-0.39, 0.29) is 35.1 Å². The summed E-state index contributed by atoms with van der Waals surface area (Å²) in [5, 5.41) is 11.2. The molecule has 10 heteroatoms. The van der Waals surface area contributed by atoms with Crippen LogP contribution in [0.5, 0.6) is 0 Å². The van der Waals surface area contributed by atoms with E-state index in [1.807, 2.05) is 0 Å². The molecule has 2 rings (SSSR count). The van der Waals surface area contributed by atoms with Crippen LogP contribution in [0.15, 0.2) is 17.0 Å². The highest BCUT2D eigenvalue weighted by molar-refractivity contribution is 7.89. The van der Waals surface area contributed by atoms with E-state index in [9.17, 15) is 23.3 Å². The van der Waals surface area contributed by atoms with Crippen LogP contribution >= 0.6 is 0 Å². The van der Waals surface area contributed by atoms with Crippen molar-refractivity contribution in [3.05, 3.63) is 33.4 Å². The van der Waals surface area contributed by atoms with Crippen molar-refractivity contribution >= 4 is 21.7 Å². The standard InChI is InChI=1S/C15H21N3O6S/c1-3-24-15(19)12-6-11(7-14(9(12)2)18(20)21)25(22,23)17-13(8-16)10-4-5-10/h6-7,10,13,17H,3-5,8,16H2,1-2H3. The molecule has 0 saturated heterocycles. The van der Waals surface area contributed by atoms with E-state index >= 15 is 0 Å². The number of ether oxygens (including phenoxy) is 1. The molecule has 1 aromatic rings. The van der Waals surface area contributed by atoms with E-state index in [1.54, 1.807) is 6.92 Å². The summed E-state index contributed by atoms with van der Waals surface area (Å²) >= 11 is 0. The highest BCUT2D eigenvalue weighted by Crippen LogP contribution is 2.33. The molecule has 0 spiro atoms. The molecule has 138 valence electrons. The molecular weight excluding hydrogens is 350 g/mol. The van der Waals surface area contributed by atoms with E-state index < -0.39 is 32.6 Å². The van der Waals surface area contributed by atoms with Crippen molar-refractivity contribution in [1.29, 1.82) is 0 Å². The van der Waals surface area contributed by atoms with Gasteiger partial charge in [-0.2, -0.15) is 0 Å². The van der Waals surface area contributed by atoms with Gasteiger partial charge in [0.2, 0.25) is 10.0 Å². The summed E-state index contributed by atoms with van der Waals surface area (Å²) < 4.78 is 32.6. The first kappa shape index (κ1) is 19.3. The second-order valence-electron chi connectivity index (χ2n) is 5.89. The lowest BCUT2D eigenvalue weighted by Crippen LogP contribution is -2.41. The third-order valence-corrected chi connectivity index (χ3v) is 5.58. The maximum absolute atomic E-state index is 12.6. The molecule has 3 N–H and O–H groups in total. The molecule has 25 heavy (non-hydrogen) atoms. The SMILES string of the molecule is CCOC(=O)c1cc(S(=O)(=O)NC(CN)C2CC2)cc([N+](=O)[O-])c1C. The Hall–Kier alpha value is -2.04. The number of rotatable bonds is 8.